The second-order valence-electron chi connectivity index (χ2n) is 4.89. The van der Waals surface area contributed by atoms with Gasteiger partial charge in [0.2, 0.25) is 0 Å². The van der Waals surface area contributed by atoms with Gasteiger partial charge in [-0.25, -0.2) is 14.0 Å². The molecular weight excluding hydrogens is 263 g/mol. The number of esters is 1. The Kier molecular flexibility index (Phi) is 4.22. The predicted octanol–water partition coefficient (Wildman–Crippen LogP) is 1.83. The second kappa shape index (κ2) is 5.90. The standard InChI is InChI=1S/C14H17FN2O3/c1-9-7-10(4-5-12(9)15)13(18)20-8-11-3-2-6-17(11)14(16)19/h4-5,7,11H,2-3,6,8H2,1H3,(H2,16,19)/t11-/m1/s1. The number of hydrogen-bond acceptors (Lipinski definition) is 3. The normalized spacial score (nSPS) is 18.1. The van der Waals surface area contributed by atoms with E-state index in [1.54, 1.807) is 6.92 Å². The molecule has 1 fully saturated rings. The summed E-state index contributed by atoms with van der Waals surface area (Å²) in [5, 5.41) is 0. The van der Waals surface area contributed by atoms with Crippen LogP contribution < -0.4 is 5.73 Å². The molecule has 5 nitrogen and oxygen atoms in total. The first-order valence-corrected chi connectivity index (χ1v) is 6.48. The highest BCUT2D eigenvalue weighted by Crippen LogP contribution is 2.18. The summed E-state index contributed by atoms with van der Waals surface area (Å²) in [4.78, 5) is 24.5. The monoisotopic (exact) mass is 280 g/mol. The second-order valence-corrected chi connectivity index (χ2v) is 4.89. The van der Waals surface area contributed by atoms with Crippen LogP contribution in [0.4, 0.5) is 9.18 Å². The van der Waals surface area contributed by atoms with E-state index in [-0.39, 0.29) is 18.5 Å². The zero-order valence-corrected chi connectivity index (χ0v) is 11.3. The summed E-state index contributed by atoms with van der Waals surface area (Å²) in [5.41, 5.74) is 5.93. The fraction of sp³-hybridized carbons (Fsp3) is 0.429. The number of rotatable bonds is 3. The molecule has 1 aliphatic rings. The Morgan fingerprint density at radius 1 is 1.50 bits per heavy atom. The van der Waals surface area contributed by atoms with Crippen molar-refractivity contribution in [1.29, 1.82) is 0 Å². The molecule has 0 unspecified atom stereocenters. The van der Waals surface area contributed by atoms with Crippen LogP contribution in [-0.2, 0) is 4.74 Å². The van der Waals surface area contributed by atoms with Crippen molar-refractivity contribution in [3.8, 4) is 0 Å². The van der Waals surface area contributed by atoms with E-state index < -0.39 is 12.0 Å². The van der Waals surface area contributed by atoms with Gasteiger partial charge in [-0.2, -0.15) is 0 Å². The predicted molar refractivity (Wildman–Crippen MR) is 70.7 cm³/mol. The van der Waals surface area contributed by atoms with Gasteiger partial charge in [0, 0.05) is 6.54 Å². The van der Waals surface area contributed by atoms with Gasteiger partial charge < -0.3 is 15.4 Å². The lowest BCUT2D eigenvalue weighted by Crippen LogP contribution is -2.41. The highest BCUT2D eigenvalue weighted by Gasteiger charge is 2.28. The van der Waals surface area contributed by atoms with E-state index in [1.807, 2.05) is 0 Å². The summed E-state index contributed by atoms with van der Waals surface area (Å²) in [6.07, 6.45) is 1.61. The summed E-state index contributed by atoms with van der Waals surface area (Å²) in [7, 11) is 0. The van der Waals surface area contributed by atoms with Gasteiger partial charge in [0.05, 0.1) is 11.6 Å². The van der Waals surface area contributed by atoms with Crippen LogP contribution in [-0.4, -0.2) is 36.1 Å². The van der Waals surface area contributed by atoms with Crippen LogP contribution in [0.15, 0.2) is 18.2 Å². The molecule has 2 amide bonds. The van der Waals surface area contributed by atoms with Crippen LogP contribution in [0.25, 0.3) is 0 Å². The van der Waals surface area contributed by atoms with Crippen molar-refractivity contribution in [2.45, 2.75) is 25.8 Å². The average molecular weight is 280 g/mol. The number of benzene rings is 1. The van der Waals surface area contributed by atoms with Crippen molar-refractivity contribution >= 4 is 12.0 Å². The third-order valence-corrected chi connectivity index (χ3v) is 3.46. The molecule has 0 aliphatic carbocycles. The molecule has 2 rings (SSSR count). The van der Waals surface area contributed by atoms with Gasteiger partial charge in [-0.3, -0.25) is 0 Å². The summed E-state index contributed by atoms with van der Waals surface area (Å²) in [6.45, 7) is 2.28. The van der Waals surface area contributed by atoms with Crippen LogP contribution in [0.3, 0.4) is 0 Å². The zero-order valence-electron chi connectivity index (χ0n) is 11.3. The number of carbonyl (C=O) groups excluding carboxylic acids is 2. The third-order valence-electron chi connectivity index (χ3n) is 3.46. The molecule has 1 aromatic rings. The molecule has 1 aliphatic heterocycles. The minimum absolute atomic E-state index is 0.109. The van der Waals surface area contributed by atoms with Crippen molar-refractivity contribution in [1.82, 2.24) is 4.90 Å². The van der Waals surface area contributed by atoms with E-state index in [0.717, 1.165) is 12.8 Å². The fourth-order valence-electron chi connectivity index (χ4n) is 2.33. The number of likely N-dealkylation sites (tertiary alicyclic amines) is 1. The Labute approximate surface area is 116 Å². The highest BCUT2D eigenvalue weighted by atomic mass is 19.1. The molecule has 0 spiro atoms. The molecule has 108 valence electrons. The molecule has 20 heavy (non-hydrogen) atoms. The Morgan fingerprint density at radius 3 is 2.90 bits per heavy atom. The molecule has 1 saturated heterocycles. The average Bonchev–Trinajstić information content (AvgIpc) is 2.87. The number of hydrogen-bond donors (Lipinski definition) is 1. The number of ether oxygens (including phenoxy) is 1. The first-order chi connectivity index (χ1) is 9.49. The van der Waals surface area contributed by atoms with E-state index in [0.29, 0.717) is 17.7 Å². The van der Waals surface area contributed by atoms with Crippen molar-refractivity contribution in [3.63, 3.8) is 0 Å². The topological polar surface area (TPSA) is 72.6 Å². The smallest absolute Gasteiger partial charge is 0.338 e. The number of halogens is 1. The van der Waals surface area contributed by atoms with E-state index >= 15 is 0 Å². The largest absolute Gasteiger partial charge is 0.460 e. The third kappa shape index (κ3) is 3.07. The molecule has 6 heteroatoms. The lowest BCUT2D eigenvalue weighted by Gasteiger charge is -2.22. The number of nitrogens with zero attached hydrogens (tertiary/aromatic N) is 1. The van der Waals surface area contributed by atoms with Crippen LogP contribution in [0.1, 0.15) is 28.8 Å². The van der Waals surface area contributed by atoms with Gasteiger partial charge in [-0.05, 0) is 43.5 Å². The number of primary amides is 1. The van der Waals surface area contributed by atoms with Crippen molar-refractivity contribution in [2.75, 3.05) is 13.2 Å². The Morgan fingerprint density at radius 2 is 2.25 bits per heavy atom. The summed E-state index contributed by atoms with van der Waals surface area (Å²) >= 11 is 0. The van der Waals surface area contributed by atoms with Crippen LogP contribution >= 0.6 is 0 Å². The molecule has 0 radical (unpaired) electrons. The number of amides is 2. The SMILES string of the molecule is Cc1cc(C(=O)OC[C@H]2CCCN2C(N)=O)ccc1F. The van der Waals surface area contributed by atoms with Crippen LogP contribution in [0, 0.1) is 12.7 Å². The van der Waals surface area contributed by atoms with E-state index in [9.17, 15) is 14.0 Å². The van der Waals surface area contributed by atoms with Crippen molar-refractivity contribution < 1.29 is 18.7 Å². The molecule has 0 bridgehead atoms. The molecule has 2 N–H and O–H groups in total. The molecule has 1 atom stereocenters. The molecule has 0 aromatic heterocycles. The summed E-state index contributed by atoms with van der Waals surface area (Å²) in [6, 6.07) is 3.39. The fourth-order valence-corrected chi connectivity index (χ4v) is 2.33. The van der Waals surface area contributed by atoms with Gasteiger partial charge >= 0.3 is 12.0 Å². The Bertz CT molecular complexity index is 533. The van der Waals surface area contributed by atoms with Gasteiger partial charge in [-0.1, -0.05) is 0 Å². The molecule has 1 heterocycles. The highest BCUT2D eigenvalue weighted by molar-refractivity contribution is 5.89. The Balaban J connectivity index is 1.95. The van der Waals surface area contributed by atoms with Gasteiger partial charge in [0.25, 0.3) is 0 Å². The number of carbonyl (C=O) groups is 2. The molecule has 0 saturated carbocycles. The van der Waals surface area contributed by atoms with Crippen molar-refractivity contribution in [3.05, 3.63) is 35.1 Å². The lowest BCUT2D eigenvalue weighted by atomic mass is 10.1. The summed E-state index contributed by atoms with van der Waals surface area (Å²) < 4.78 is 18.3. The first kappa shape index (κ1) is 14.3. The maximum absolute atomic E-state index is 13.1. The van der Waals surface area contributed by atoms with Gasteiger partial charge in [0.1, 0.15) is 12.4 Å². The van der Waals surface area contributed by atoms with Crippen LogP contribution in [0.5, 0.6) is 0 Å². The molecular formula is C14H17FN2O3. The maximum atomic E-state index is 13.1. The van der Waals surface area contributed by atoms with Crippen LogP contribution in [0.2, 0.25) is 0 Å². The summed E-state index contributed by atoms with van der Waals surface area (Å²) in [5.74, 6) is -0.887. The van der Waals surface area contributed by atoms with E-state index in [1.165, 1.54) is 23.1 Å². The van der Waals surface area contributed by atoms with E-state index in [2.05, 4.69) is 0 Å². The zero-order chi connectivity index (χ0) is 14.7. The van der Waals surface area contributed by atoms with Crippen molar-refractivity contribution in [2.24, 2.45) is 5.73 Å². The first-order valence-electron chi connectivity index (χ1n) is 6.48. The number of aryl methyl sites for hydroxylation is 1. The molecule has 1 aromatic carbocycles. The Hall–Kier alpha value is -2.11. The quantitative estimate of drug-likeness (QED) is 0.858. The minimum atomic E-state index is -0.524. The number of urea groups is 1. The van der Waals surface area contributed by atoms with Gasteiger partial charge in [0.15, 0.2) is 0 Å². The lowest BCUT2D eigenvalue weighted by molar-refractivity contribution is 0.0422. The van der Waals surface area contributed by atoms with E-state index in [4.69, 9.17) is 10.5 Å². The van der Waals surface area contributed by atoms with Gasteiger partial charge in [-0.15, -0.1) is 0 Å². The maximum Gasteiger partial charge on any atom is 0.338 e. The number of nitrogens with two attached hydrogens (primary N) is 1. The minimum Gasteiger partial charge on any atom is -0.460 e.